The predicted molar refractivity (Wildman–Crippen MR) is 106 cm³/mol. The lowest BCUT2D eigenvalue weighted by atomic mass is 10.1. The Balaban J connectivity index is 2.08. The fourth-order valence-corrected chi connectivity index (χ4v) is 2.89. The van der Waals surface area contributed by atoms with Crippen molar-refractivity contribution in [3.8, 4) is 17.2 Å². The Bertz CT molecular complexity index is 731. The Morgan fingerprint density at radius 1 is 0.923 bits per heavy atom. The molecule has 1 N–H and O–H groups in total. The van der Waals surface area contributed by atoms with E-state index in [0.29, 0.717) is 31.3 Å². The molecule has 2 aromatic rings. The highest BCUT2D eigenvalue weighted by atomic mass is 79.9. The molecule has 2 aromatic carbocycles. The number of ether oxygens (including phenoxy) is 3. The van der Waals surface area contributed by atoms with Crippen molar-refractivity contribution >= 4 is 27.5 Å². The summed E-state index contributed by atoms with van der Waals surface area (Å²) >= 11 is 3.51. The summed E-state index contributed by atoms with van der Waals surface area (Å²) in [6.45, 7) is 7.45. The van der Waals surface area contributed by atoms with Crippen molar-refractivity contribution in [3.05, 3.63) is 46.4 Å². The van der Waals surface area contributed by atoms with Crippen LogP contribution in [-0.4, -0.2) is 25.7 Å². The van der Waals surface area contributed by atoms with Gasteiger partial charge in [-0.2, -0.15) is 0 Å². The molecule has 0 atom stereocenters. The molecule has 5 nitrogen and oxygen atoms in total. The Morgan fingerprint density at radius 2 is 1.50 bits per heavy atom. The fraction of sp³-hybridized carbons (Fsp3) is 0.350. The van der Waals surface area contributed by atoms with Crippen LogP contribution in [0.3, 0.4) is 0 Å². The van der Waals surface area contributed by atoms with Gasteiger partial charge in [-0.3, -0.25) is 4.79 Å². The molecule has 0 unspecified atom stereocenters. The van der Waals surface area contributed by atoms with Crippen molar-refractivity contribution in [2.75, 3.05) is 25.1 Å². The molecule has 0 radical (unpaired) electrons. The standard InChI is InChI=1S/C20H24BrNO4/c1-4-24-16-9-7-15(8-10-16)22-20(23)12-14-11-18(25-5-2)19(26-6-3)13-17(14)21/h7-11,13H,4-6,12H2,1-3H3,(H,22,23). The first-order valence-corrected chi connectivity index (χ1v) is 9.47. The van der Waals surface area contributed by atoms with E-state index in [-0.39, 0.29) is 12.3 Å². The third-order valence-corrected chi connectivity index (χ3v) is 4.25. The summed E-state index contributed by atoms with van der Waals surface area (Å²) < 4.78 is 17.4. The number of rotatable bonds is 9. The number of hydrogen-bond acceptors (Lipinski definition) is 4. The first kappa shape index (κ1) is 20.1. The van der Waals surface area contributed by atoms with Crippen LogP contribution in [0.15, 0.2) is 40.9 Å². The van der Waals surface area contributed by atoms with Crippen molar-refractivity contribution < 1.29 is 19.0 Å². The molecule has 6 heteroatoms. The molecule has 1 amide bonds. The fourth-order valence-electron chi connectivity index (χ4n) is 2.43. The topological polar surface area (TPSA) is 56.8 Å². The van der Waals surface area contributed by atoms with Crippen molar-refractivity contribution in [3.63, 3.8) is 0 Å². The number of benzene rings is 2. The predicted octanol–water partition coefficient (Wildman–Crippen LogP) is 4.83. The number of carbonyl (C=O) groups excluding carboxylic acids is 1. The van der Waals surface area contributed by atoms with Crippen LogP contribution in [0.25, 0.3) is 0 Å². The molecule has 0 spiro atoms. The maximum absolute atomic E-state index is 12.4. The summed E-state index contributed by atoms with van der Waals surface area (Å²) in [6.07, 6.45) is 0.222. The molecule has 140 valence electrons. The van der Waals surface area contributed by atoms with Crippen molar-refractivity contribution in [2.45, 2.75) is 27.2 Å². The third kappa shape index (κ3) is 5.66. The number of anilines is 1. The molecule has 0 aliphatic rings. The van der Waals surface area contributed by atoms with E-state index in [0.717, 1.165) is 21.5 Å². The average Bonchev–Trinajstić information content (AvgIpc) is 2.61. The monoisotopic (exact) mass is 421 g/mol. The molecule has 0 heterocycles. The van der Waals surface area contributed by atoms with Crippen LogP contribution in [0.2, 0.25) is 0 Å². The van der Waals surface area contributed by atoms with Gasteiger partial charge in [-0.1, -0.05) is 15.9 Å². The Kier molecular flexibility index (Phi) is 7.78. The molecule has 0 aliphatic heterocycles. The van der Waals surface area contributed by atoms with E-state index >= 15 is 0 Å². The van der Waals surface area contributed by atoms with Gasteiger partial charge in [-0.25, -0.2) is 0 Å². The van der Waals surface area contributed by atoms with Crippen LogP contribution in [0.5, 0.6) is 17.2 Å². The van der Waals surface area contributed by atoms with E-state index in [2.05, 4.69) is 21.2 Å². The van der Waals surface area contributed by atoms with Crippen LogP contribution in [0.1, 0.15) is 26.3 Å². The molecule has 0 saturated heterocycles. The molecule has 0 fully saturated rings. The van der Waals surface area contributed by atoms with Gasteiger partial charge in [0.25, 0.3) is 0 Å². The van der Waals surface area contributed by atoms with E-state index in [1.165, 1.54) is 0 Å². The lowest BCUT2D eigenvalue weighted by Crippen LogP contribution is -2.15. The summed E-state index contributed by atoms with van der Waals surface area (Å²) in [6, 6.07) is 11.0. The Morgan fingerprint density at radius 3 is 2.08 bits per heavy atom. The highest BCUT2D eigenvalue weighted by Crippen LogP contribution is 2.34. The van der Waals surface area contributed by atoms with Crippen molar-refractivity contribution in [1.82, 2.24) is 0 Å². The second-order valence-electron chi connectivity index (χ2n) is 5.44. The van der Waals surface area contributed by atoms with Gasteiger partial charge in [0.15, 0.2) is 11.5 Å². The molecular formula is C20H24BrNO4. The van der Waals surface area contributed by atoms with Crippen LogP contribution >= 0.6 is 15.9 Å². The summed E-state index contributed by atoms with van der Waals surface area (Å²) in [5, 5.41) is 2.89. The van der Waals surface area contributed by atoms with E-state index in [9.17, 15) is 4.79 Å². The molecule has 0 aliphatic carbocycles. The summed E-state index contributed by atoms with van der Waals surface area (Å²) in [4.78, 5) is 12.4. The molecule has 0 saturated carbocycles. The summed E-state index contributed by atoms with van der Waals surface area (Å²) in [5.41, 5.74) is 1.56. The zero-order valence-corrected chi connectivity index (χ0v) is 16.9. The minimum atomic E-state index is -0.110. The average molecular weight is 422 g/mol. The maximum atomic E-state index is 12.4. The second kappa shape index (κ2) is 10.1. The Hall–Kier alpha value is -2.21. The van der Waals surface area contributed by atoms with Crippen molar-refractivity contribution in [1.29, 1.82) is 0 Å². The van der Waals surface area contributed by atoms with E-state index in [4.69, 9.17) is 14.2 Å². The summed E-state index contributed by atoms with van der Waals surface area (Å²) in [7, 11) is 0. The van der Waals surface area contributed by atoms with Gasteiger partial charge in [0.1, 0.15) is 5.75 Å². The van der Waals surface area contributed by atoms with E-state index in [1.807, 2.05) is 57.2 Å². The van der Waals surface area contributed by atoms with Gasteiger partial charge in [0, 0.05) is 10.2 Å². The summed E-state index contributed by atoms with van der Waals surface area (Å²) in [5.74, 6) is 1.97. The third-order valence-electron chi connectivity index (χ3n) is 3.51. The van der Waals surface area contributed by atoms with E-state index < -0.39 is 0 Å². The lowest BCUT2D eigenvalue weighted by Gasteiger charge is -2.14. The zero-order valence-electron chi connectivity index (χ0n) is 15.3. The first-order chi connectivity index (χ1) is 12.6. The van der Waals surface area contributed by atoms with Gasteiger partial charge >= 0.3 is 0 Å². The minimum Gasteiger partial charge on any atom is -0.494 e. The SMILES string of the molecule is CCOc1ccc(NC(=O)Cc2cc(OCC)c(OCC)cc2Br)cc1. The van der Waals surface area contributed by atoms with Gasteiger partial charge in [0.05, 0.1) is 26.2 Å². The molecule has 2 rings (SSSR count). The molecule has 0 bridgehead atoms. The number of nitrogens with one attached hydrogen (secondary N) is 1. The second-order valence-corrected chi connectivity index (χ2v) is 6.29. The van der Waals surface area contributed by atoms with Crippen LogP contribution < -0.4 is 19.5 Å². The first-order valence-electron chi connectivity index (χ1n) is 8.68. The van der Waals surface area contributed by atoms with Crippen LogP contribution in [-0.2, 0) is 11.2 Å². The lowest BCUT2D eigenvalue weighted by molar-refractivity contribution is -0.115. The van der Waals surface area contributed by atoms with Crippen LogP contribution in [0, 0.1) is 0 Å². The van der Waals surface area contributed by atoms with Gasteiger partial charge in [-0.15, -0.1) is 0 Å². The van der Waals surface area contributed by atoms with Gasteiger partial charge in [-0.05, 0) is 62.7 Å². The minimum absolute atomic E-state index is 0.110. The van der Waals surface area contributed by atoms with Gasteiger partial charge in [0.2, 0.25) is 5.91 Å². The normalized spacial score (nSPS) is 10.3. The van der Waals surface area contributed by atoms with Crippen LogP contribution in [0.4, 0.5) is 5.69 Å². The largest absolute Gasteiger partial charge is 0.494 e. The number of amides is 1. The molecule has 0 aromatic heterocycles. The highest BCUT2D eigenvalue weighted by molar-refractivity contribution is 9.10. The smallest absolute Gasteiger partial charge is 0.228 e. The highest BCUT2D eigenvalue weighted by Gasteiger charge is 2.14. The van der Waals surface area contributed by atoms with E-state index in [1.54, 1.807) is 0 Å². The number of hydrogen-bond donors (Lipinski definition) is 1. The quantitative estimate of drug-likeness (QED) is 0.629. The zero-order chi connectivity index (χ0) is 18.9. The number of halogens is 1. The molecule has 26 heavy (non-hydrogen) atoms. The van der Waals surface area contributed by atoms with Gasteiger partial charge < -0.3 is 19.5 Å². The maximum Gasteiger partial charge on any atom is 0.228 e. The molecular weight excluding hydrogens is 398 g/mol. The van der Waals surface area contributed by atoms with Crippen molar-refractivity contribution in [2.24, 2.45) is 0 Å². The number of carbonyl (C=O) groups is 1. The Labute approximate surface area is 162 Å².